The third-order valence-electron chi connectivity index (χ3n) is 2.74. The normalized spacial score (nSPS) is 11.3. The Kier molecular flexibility index (Phi) is 3.58. The van der Waals surface area contributed by atoms with Gasteiger partial charge in [-0.2, -0.15) is 5.10 Å². The zero-order valence-corrected chi connectivity index (χ0v) is 11.8. The van der Waals surface area contributed by atoms with Gasteiger partial charge in [0.05, 0.1) is 27.3 Å². The van der Waals surface area contributed by atoms with Crippen molar-refractivity contribution in [2.24, 2.45) is 5.10 Å². The van der Waals surface area contributed by atoms with Crippen molar-refractivity contribution in [3.05, 3.63) is 58.1 Å². The minimum atomic E-state index is 0.476. The summed E-state index contributed by atoms with van der Waals surface area (Å²) in [4.78, 5) is 7.46. The van der Waals surface area contributed by atoms with Gasteiger partial charge in [-0.05, 0) is 18.2 Å². The van der Waals surface area contributed by atoms with E-state index in [2.05, 4.69) is 20.5 Å². The van der Waals surface area contributed by atoms with Gasteiger partial charge < -0.3 is 4.98 Å². The molecule has 4 nitrogen and oxygen atoms in total. The third-order valence-corrected chi connectivity index (χ3v) is 3.58. The van der Waals surface area contributed by atoms with E-state index in [1.54, 1.807) is 12.3 Å². The number of nitrogens with one attached hydrogen (secondary N) is 2. The highest BCUT2D eigenvalue weighted by molar-refractivity contribution is 6.43. The van der Waals surface area contributed by atoms with E-state index in [1.165, 1.54) is 0 Å². The van der Waals surface area contributed by atoms with Crippen molar-refractivity contribution in [3.63, 3.8) is 0 Å². The van der Waals surface area contributed by atoms with E-state index in [9.17, 15) is 0 Å². The summed E-state index contributed by atoms with van der Waals surface area (Å²) in [6, 6.07) is 13.1. The standard InChI is InChI=1S/C14H10Cl2N4/c15-10-5-3-4-9(13(10)16)8-17-20-14-18-11-6-1-2-7-12(11)19-14/h1-8H,(H2,18,19,20)/b17-8-. The first-order valence-electron chi connectivity index (χ1n) is 5.92. The van der Waals surface area contributed by atoms with Crippen molar-refractivity contribution < 1.29 is 0 Å². The van der Waals surface area contributed by atoms with Gasteiger partial charge in [-0.1, -0.05) is 47.5 Å². The summed E-state index contributed by atoms with van der Waals surface area (Å²) in [5, 5.41) is 5.07. The first-order valence-corrected chi connectivity index (χ1v) is 6.67. The Morgan fingerprint density at radius 2 is 1.95 bits per heavy atom. The van der Waals surface area contributed by atoms with E-state index in [0.717, 1.165) is 16.6 Å². The molecule has 0 aliphatic carbocycles. The molecule has 0 radical (unpaired) electrons. The summed E-state index contributed by atoms with van der Waals surface area (Å²) < 4.78 is 0. The molecule has 3 rings (SSSR count). The fraction of sp³-hybridized carbons (Fsp3) is 0. The summed E-state index contributed by atoms with van der Waals surface area (Å²) in [5.74, 6) is 0.570. The van der Waals surface area contributed by atoms with Gasteiger partial charge in [0.2, 0.25) is 5.95 Å². The Morgan fingerprint density at radius 1 is 1.10 bits per heavy atom. The van der Waals surface area contributed by atoms with Gasteiger partial charge in [0.15, 0.2) is 0 Å². The Hall–Kier alpha value is -2.04. The lowest BCUT2D eigenvalue weighted by Crippen LogP contribution is -1.93. The van der Waals surface area contributed by atoms with Crippen molar-refractivity contribution >= 4 is 46.4 Å². The third kappa shape index (κ3) is 2.61. The summed E-state index contributed by atoms with van der Waals surface area (Å²) in [6.45, 7) is 0. The minimum Gasteiger partial charge on any atom is -0.323 e. The number of imidazole rings is 1. The van der Waals surface area contributed by atoms with Crippen LogP contribution in [0.5, 0.6) is 0 Å². The largest absolute Gasteiger partial charge is 0.323 e. The molecule has 0 aliphatic heterocycles. The van der Waals surface area contributed by atoms with Gasteiger partial charge >= 0.3 is 0 Å². The number of hydrazone groups is 1. The summed E-state index contributed by atoms with van der Waals surface area (Å²) in [5.41, 5.74) is 5.40. The lowest BCUT2D eigenvalue weighted by Gasteiger charge is -1.99. The van der Waals surface area contributed by atoms with Gasteiger partial charge in [-0.3, -0.25) is 0 Å². The maximum atomic E-state index is 6.06. The number of anilines is 1. The van der Waals surface area contributed by atoms with Crippen LogP contribution >= 0.6 is 23.2 Å². The molecule has 0 bridgehead atoms. The molecule has 0 unspecified atom stereocenters. The average molecular weight is 305 g/mol. The second kappa shape index (κ2) is 5.53. The molecule has 20 heavy (non-hydrogen) atoms. The van der Waals surface area contributed by atoms with Crippen LogP contribution in [-0.2, 0) is 0 Å². The van der Waals surface area contributed by atoms with Crippen molar-refractivity contribution in [3.8, 4) is 0 Å². The van der Waals surface area contributed by atoms with Crippen molar-refractivity contribution in [2.45, 2.75) is 0 Å². The maximum Gasteiger partial charge on any atom is 0.222 e. The molecule has 1 aromatic heterocycles. The van der Waals surface area contributed by atoms with E-state index in [-0.39, 0.29) is 0 Å². The predicted molar refractivity (Wildman–Crippen MR) is 83.8 cm³/mol. The van der Waals surface area contributed by atoms with Crippen LogP contribution in [0.3, 0.4) is 0 Å². The second-order valence-electron chi connectivity index (χ2n) is 4.12. The van der Waals surface area contributed by atoms with Crippen molar-refractivity contribution in [1.29, 1.82) is 0 Å². The van der Waals surface area contributed by atoms with Crippen LogP contribution in [0.4, 0.5) is 5.95 Å². The first kappa shape index (κ1) is 13.0. The molecule has 1 heterocycles. The number of aromatic amines is 1. The quantitative estimate of drug-likeness (QED) is 0.559. The van der Waals surface area contributed by atoms with Gasteiger partial charge in [0, 0.05) is 5.56 Å². The number of hydrogen-bond acceptors (Lipinski definition) is 3. The molecule has 0 spiro atoms. The maximum absolute atomic E-state index is 6.06. The molecule has 0 saturated heterocycles. The van der Waals surface area contributed by atoms with Crippen molar-refractivity contribution in [1.82, 2.24) is 9.97 Å². The van der Waals surface area contributed by atoms with E-state index in [4.69, 9.17) is 23.2 Å². The summed E-state index contributed by atoms with van der Waals surface area (Å²) >= 11 is 12.0. The number of hydrogen-bond donors (Lipinski definition) is 2. The van der Waals surface area contributed by atoms with Gasteiger partial charge in [0.1, 0.15) is 0 Å². The summed E-state index contributed by atoms with van der Waals surface area (Å²) in [7, 11) is 0. The Bertz CT molecular complexity index is 747. The lowest BCUT2D eigenvalue weighted by atomic mass is 10.2. The molecule has 100 valence electrons. The number of para-hydroxylation sites is 2. The number of halogens is 2. The number of aromatic nitrogens is 2. The van der Waals surface area contributed by atoms with Gasteiger partial charge in [0.25, 0.3) is 0 Å². The number of rotatable bonds is 3. The smallest absolute Gasteiger partial charge is 0.222 e. The van der Waals surface area contributed by atoms with Gasteiger partial charge in [-0.15, -0.1) is 0 Å². The molecule has 0 amide bonds. The molecule has 0 fully saturated rings. The summed E-state index contributed by atoms with van der Waals surface area (Å²) in [6.07, 6.45) is 1.60. The molecule has 0 aliphatic rings. The second-order valence-corrected chi connectivity index (χ2v) is 4.90. The average Bonchev–Trinajstić information content (AvgIpc) is 2.86. The van der Waals surface area contributed by atoms with Crippen LogP contribution < -0.4 is 5.43 Å². The number of fused-ring (bicyclic) bond motifs is 1. The predicted octanol–water partition coefficient (Wildman–Crippen LogP) is 4.32. The molecular weight excluding hydrogens is 295 g/mol. The molecule has 3 aromatic rings. The van der Waals surface area contributed by atoms with Crippen LogP contribution in [0, 0.1) is 0 Å². The van der Waals surface area contributed by atoms with Crippen molar-refractivity contribution in [2.75, 3.05) is 5.43 Å². The molecule has 0 atom stereocenters. The topological polar surface area (TPSA) is 53.1 Å². The Labute approximate surface area is 125 Å². The molecular formula is C14H10Cl2N4. The van der Waals surface area contributed by atoms with Crippen LogP contribution in [0.25, 0.3) is 11.0 Å². The van der Waals surface area contributed by atoms with E-state index in [1.807, 2.05) is 36.4 Å². The van der Waals surface area contributed by atoms with E-state index >= 15 is 0 Å². The lowest BCUT2D eigenvalue weighted by molar-refractivity contribution is 1.21. The van der Waals surface area contributed by atoms with E-state index < -0.39 is 0 Å². The van der Waals surface area contributed by atoms with Crippen LogP contribution in [0.2, 0.25) is 10.0 Å². The van der Waals surface area contributed by atoms with E-state index in [0.29, 0.717) is 16.0 Å². The minimum absolute atomic E-state index is 0.476. The fourth-order valence-corrected chi connectivity index (χ4v) is 2.15. The Morgan fingerprint density at radius 3 is 2.80 bits per heavy atom. The molecule has 6 heteroatoms. The fourth-order valence-electron chi connectivity index (χ4n) is 1.79. The zero-order chi connectivity index (χ0) is 13.9. The molecule has 2 aromatic carbocycles. The highest BCUT2D eigenvalue weighted by atomic mass is 35.5. The highest BCUT2D eigenvalue weighted by Gasteiger charge is 2.02. The zero-order valence-electron chi connectivity index (χ0n) is 10.3. The highest BCUT2D eigenvalue weighted by Crippen LogP contribution is 2.24. The number of benzene rings is 2. The number of nitrogens with zero attached hydrogens (tertiary/aromatic N) is 2. The van der Waals surface area contributed by atoms with Crippen LogP contribution in [0.1, 0.15) is 5.56 Å². The Balaban J connectivity index is 1.78. The van der Waals surface area contributed by atoms with Gasteiger partial charge in [-0.25, -0.2) is 10.4 Å². The van der Waals surface area contributed by atoms with Crippen LogP contribution in [0.15, 0.2) is 47.6 Å². The molecule has 0 saturated carbocycles. The van der Waals surface area contributed by atoms with Crippen LogP contribution in [-0.4, -0.2) is 16.2 Å². The first-order chi connectivity index (χ1) is 9.74. The number of H-pyrrole nitrogens is 1. The molecule has 2 N–H and O–H groups in total. The SMILES string of the molecule is Clc1cccc(/C=N\Nc2nc3ccccc3[nH]2)c1Cl. The monoisotopic (exact) mass is 304 g/mol.